The molecule has 0 saturated heterocycles. The number of anilines is 9. The highest BCUT2D eigenvalue weighted by Crippen LogP contribution is 2.34. The highest BCUT2D eigenvalue weighted by Gasteiger charge is 2.26. The van der Waals surface area contributed by atoms with Crippen molar-refractivity contribution in [2.45, 2.75) is 97.8 Å². The molecular formula is C60H72N18O9. The van der Waals surface area contributed by atoms with Gasteiger partial charge in [0, 0.05) is 39.3 Å². The Balaban J connectivity index is 0.000000144. The molecule has 6 atom stereocenters. The molecule has 3 unspecified atom stereocenters. The van der Waals surface area contributed by atoms with Crippen LogP contribution in [-0.2, 0) is 34.0 Å². The summed E-state index contributed by atoms with van der Waals surface area (Å²) in [4.78, 5) is 52.5. The Morgan fingerprint density at radius 1 is 0.437 bits per heavy atom. The number of rotatable bonds is 6. The molecule has 12 rings (SSSR count). The van der Waals surface area contributed by atoms with Crippen molar-refractivity contribution in [1.82, 2.24) is 59.7 Å². The summed E-state index contributed by atoms with van der Waals surface area (Å²) in [6.07, 6.45) is 4.02. The Hall–Kier alpha value is -9.99. The first-order chi connectivity index (χ1) is 42.0. The molecule has 3 amide bonds. The van der Waals surface area contributed by atoms with E-state index in [1.807, 2.05) is 114 Å². The van der Waals surface area contributed by atoms with Gasteiger partial charge in [-0.1, -0.05) is 18.2 Å². The second-order valence-corrected chi connectivity index (χ2v) is 21.0. The number of fused-ring (bicyclic) bond motifs is 9. The smallest absolute Gasteiger partial charge is 0.257 e. The average Bonchev–Trinajstić information content (AvgIpc) is 1.89. The van der Waals surface area contributed by atoms with E-state index in [4.69, 9.17) is 28.4 Å². The molecule has 0 spiro atoms. The Bertz CT molecular complexity index is 3590. The van der Waals surface area contributed by atoms with Gasteiger partial charge in [-0.3, -0.25) is 14.4 Å². The van der Waals surface area contributed by atoms with E-state index >= 15 is 0 Å². The van der Waals surface area contributed by atoms with Crippen LogP contribution in [0.5, 0.6) is 17.2 Å². The fourth-order valence-electron chi connectivity index (χ4n) is 9.66. The molecule has 87 heavy (non-hydrogen) atoms. The molecule has 3 aliphatic rings. The number of hydrogen-bond donors (Lipinski definition) is 9. The summed E-state index contributed by atoms with van der Waals surface area (Å²) in [5.74, 6) is 5.08. The quantitative estimate of drug-likeness (QED) is 0.0771. The lowest BCUT2D eigenvalue weighted by Crippen LogP contribution is -2.41. The number of nitrogens with zero attached hydrogens (tertiary/aromatic N) is 9. The highest BCUT2D eigenvalue weighted by molar-refractivity contribution is 6.02. The van der Waals surface area contributed by atoms with Crippen LogP contribution >= 0.6 is 0 Å². The number of carbonyl (C=O) groups excluding carboxylic acids is 3. The van der Waals surface area contributed by atoms with Crippen LogP contribution in [0.15, 0.2) is 91.4 Å². The predicted molar refractivity (Wildman–Crippen MR) is 330 cm³/mol. The standard InChI is InChI=1S/3C20H24N6O3/c3*1-11-12(2)29-10-13-5-6-16(28-4)15(7-13)24-17-8-18(21-3)26-19(25-17)14(9-22-26)20(27)23-11/h3*5-9,11-12,21H,10H2,1-4H3,(H,23,27)(H,24,25)/t3*11-,12?/m111/s1. The monoisotopic (exact) mass is 1190 g/mol. The normalized spacial score (nSPS) is 19.4. The van der Waals surface area contributed by atoms with Gasteiger partial charge in [-0.05, 0) is 94.6 Å². The van der Waals surface area contributed by atoms with Crippen molar-refractivity contribution in [3.63, 3.8) is 0 Å². The predicted octanol–water partition coefficient (Wildman–Crippen LogP) is 7.68. The second kappa shape index (κ2) is 26.1. The second-order valence-electron chi connectivity index (χ2n) is 21.0. The van der Waals surface area contributed by atoms with Gasteiger partial charge in [-0.25, -0.2) is 15.0 Å². The van der Waals surface area contributed by atoms with E-state index in [-0.39, 0.29) is 54.2 Å². The van der Waals surface area contributed by atoms with Crippen LogP contribution in [0.1, 0.15) is 89.3 Å². The van der Waals surface area contributed by atoms with Gasteiger partial charge in [0.25, 0.3) is 17.7 Å². The van der Waals surface area contributed by atoms with E-state index in [0.717, 1.165) is 33.8 Å². The summed E-state index contributed by atoms with van der Waals surface area (Å²) in [7, 11) is 10.2. The van der Waals surface area contributed by atoms with Crippen LogP contribution in [0.25, 0.3) is 16.9 Å². The fourth-order valence-corrected chi connectivity index (χ4v) is 9.66. The molecule has 456 valence electrons. The molecule has 27 heteroatoms. The van der Waals surface area contributed by atoms with Gasteiger partial charge < -0.3 is 76.3 Å². The summed E-state index contributed by atoms with van der Waals surface area (Å²) in [6.45, 7) is 12.8. The number of aromatic nitrogens is 9. The Labute approximate surface area is 501 Å². The van der Waals surface area contributed by atoms with Gasteiger partial charge in [-0.15, -0.1) is 0 Å². The van der Waals surface area contributed by atoms with Gasteiger partial charge in [0.15, 0.2) is 16.9 Å². The molecule has 0 aliphatic carbocycles. The number of benzene rings is 3. The van der Waals surface area contributed by atoms with Gasteiger partial charge in [0.2, 0.25) is 0 Å². The third kappa shape index (κ3) is 13.0. The number of nitrogens with one attached hydrogen (secondary N) is 9. The minimum Gasteiger partial charge on any atom is -0.495 e. The van der Waals surface area contributed by atoms with Gasteiger partial charge in [-0.2, -0.15) is 28.8 Å². The fraction of sp³-hybridized carbons (Fsp3) is 0.350. The highest BCUT2D eigenvalue weighted by atomic mass is 16.5. The summed E-state index contributed by atoms with van der Waals surface area (Å²) >= 11 is 0. The third-order valence-corrected chi connectivity index (χ3v) is 15.2. The molecule has 9 heterocycles. The van der Waals surface area contributed by atoms with Crippen molar-refractivity contribution in [3.05, 3.63) is 125 Å². The van der Waals surface area contributed by atoms with Crippen LogP contribution in [0.4, 0.5) is 52.0 Å². The lowest BCUT2D eigenvalue weighted by Gasteiger charge is -2.22. The van der Waals surface area contributed by atoms with E-state index in [1.165, 1.54) is 18.6 Å². The van der Waals surface area contributed by atoms with Crippen molar-refractivity contribution in [2.24, 2.45) is 0 Å². The lowest BCUT2D eigenvalue weighted by molar-refractivity contribution is 0.0303. The van der Waals surface area contributed by atoms with E-state index in [1.54, 1.807) is 56.0 Å². The first-order valence-corrected chi connectivity index (χ1v) is 28.3. The molecule has 0 fully saturated rings. The first kappa shape index (κ1) is 60.1. The molecule has 0 radical (unpaired) electrons. The SMILES string of the molecule is CNc1cc2nc3c(cnn13)C(=O)N[C@H](C)C(C)OCc1ccc(OC)c(c1)N2.CNc1cc2nc3c(cnn13)C(=O)N[C@H](C)C(C)OCc1ccc(OC)c(c1)N2.CNc1cc2nc3c(cnn13)C(=O)N[C@H](C)C(C)OCc1ccc(OC)c(c1)N2. The molecule has 9 aromatic rings. The van der Waals surface area contributed by atoms with Crippen LogP contribution in [-0.4, -0.2) is 140 Å². The zero-order valence-corrected chi connectivity index (χ0v) is 50.4. The minimum atomic E-state index is -0.247. The summed E-state index contributed by atoms with van der Waals surface area (Å²) in [6, 6.07) is 22.4. The van der Waals surface area contributed by atoms with Crippen molar-refractivity contribution < 1.29 is 42.8 Å². The zero-order valence-electron chi connectivity index (χ0n) is 50.4. The van der Waals surface area contributed by atoms with Crippen LogP contribution in [0.3, 0.4) is 0 Å². The first-order valence-electron chi connectivity index (χ1n) is 28.3. The molecule has 9 N–H and O–H groups in total. The largest absolute Gasteiger partial charge is 0.495 e. The Morgan fingerprint density at radius 3 is 0.966 bits per heavy atom. The van der Waals surface area contributed by atoms with Crippen molar-refractivity contribution in [1.29, 1.82) is 0 Å². The van der Waals surface area contributed by atoms with E-state index in [2.05, 4.69) is 78.1 Å². The molecule has 27 nitrogen and oxygen atoms in total. The molecule has 3 aliphatic heterocycles. The number of amides is 3. The molecule has 12 bridgehead atoms. The minimum absolute atomic E-state index is 0.182. The Morgan fingerprint density at radius 2 is 0.713 bits per heavy atom. The van der Waals surface area contributed by atoms with Crippen LogP contribution in [0.2, 0.25) is 0 Å². The van der Waals surface area contributed by atoms with E-state index in [0.29, 0.717) is 106 Å². The van der Waals surface area contributed by atoms with Crippen molar-refractivity contribution in [2.75, 3.05) is 74.4 Å². The maximum Gasteiger partial charge on any atom is 0.257 e. The lowest BCUT2D eigenvalue weighted by atomic mass is 10.1. The van der Waals surface area contributed by atoms with Gasteiger partial charge in [0.05, 0.1) is 113 Å². The van der Waals surface area contributed by atoms with Crippen LogP contribution in [0, 0.1) is 0 Å². The number of methoxy groups -OCH3 is 3. The maximum absolute atomic E-state index is 12.9. The molecule has 6 aromatic heterocycles. The number of carbonyl (C=O) groups is 3. The molecule has 0 saturated carbocycles. The van der Waals surface area contributed by atoms with Crippen LogP contribution < -0.4 is 62.1 Å². The van der Waals surface area contributed by atoms with E-state index < -0.39 is 0 Å². The number of ether oxygens (including phenoxy) is 6. The number of hydrogen-bond acceptors (Lipinski definition) is 21. The Kier molecular flexibility index (Phi) is 18.0. The topological polar surface area (TPSA) is 305 Å². The molecular weight excluding hydrogens is 1120 g/mol. The maximum atomic E-state index is 12.9. The van der Waals surface area contributed by atoms with Crippen molar-refractivity contribution in [3.8, 4) is 17.2 Å². The average molecular weight is 1190 g/mol. The van der Waals surface area contributed by atoms with Crippen molar-refractivity contribution >= 4 is 86.6 Å². The van der Waals surface area contributed by atoms with E-state index in [9.17, 15) is 14.4 Å². The summed E-state index contributed by atoms with van der Waals surface area (Å²) in [5.41, 5.74) is 7.75. The summed E-state index contributed by atoms with van der Waals surface area (Å²) < 4.78 is 39.2. The summed E-state index contributed by atoms with van der Waals surface area (Å²) in [5, 5.41) is 41.1. The third-order valence-electron chi connectivity index (χ3n) is 15.2. The van der Waals surface area contributed by atoms with Gasteiger partial charge >= 0.3 is 0 Å². The van der Waals surface area contributed by atoms with Gasteiger partial charge in [0.1, 0.15) is 68.8 Å². The zero-order chi connectivity index (χ0) is 61.6. The molecule has 3 aromatic carbocycles.